The first-order chi connectivity index (χ1) is 10.3. The topological polar surface area (TPSA) is 20.2 Å². The van der Waals surface area contributed by atoms with Crippen LogP contribution in [0.4, 0.5) is 4.39 Å². The molecule has 0 radical (unpaired) electrons. The molecule has 0 aliphatic heterocycles. The standard InChI is InChI=1S/C15H18FOPSi.2ClH.Zr/c1-19(2,3)14-10-6-9-13(15(14)17)18-12-8-5-4-7-11(12)16;;;/h4-10,17-18H,1-3H3;2*1H;/q;;;+2/p-2. The van der Waals surface area contributed by atoms with Gasteiger partial charge in [-0.2, -0.15) is 0 Å². The van der Waals surface area contributed by atoms with Gasteiger partial charge in [0.25, 0.3) is 0 Å². The molecule has 7 heteroatoms. The number of halogens is 3. The Labute approximate surface area is 152 Å². The molecule has 1 atom stereocenters. The van der Waals surface area contributed by atoms with Crippen molar-refractivity contribution in [2.24, 2.45) is 0 Å². The molecule has 0 aliphatic carbocycles. The molecular weight excluding hydrogens is 436 g/mol. The van der Waals surface area contributed by atoms with E-state index in [4.69, 9.17) is 17.0 Å². The van der Waals surface area contributed by atoms with E-state index in [0.717, 1.165) is 10.5 Å². The van der Waals surface area contributed by atoms with Gasteiger partial charge in [0.1, 0.15) is 11.6 Å². The predicted molar refractivity (Wildman–Crippen MR) is 96.8 cm³/mol. The summed E-state index contributed by atoms with van der Waals surface area (Å²) in [6.45, 7) is 6.58. The molecule has 0 amide bonds. The van der Waals surface area contributed by atoms with Gasteiger partial charge in [0.2, 0.25) is 0 Å². The maximum atomic E-state index is 13.7. The summed E-state index contributed by atoms with van der Waals surface area (Å²) in [5.74, 6) is 0.141. The van der Waals surface area contributed by atoms with Crippen LogP contribution in [0, 0.1) is 5.82 Å². The number of hydrogen-bond acceptors (Lipinski definition) is 1. The van der Waals surface area contributed by atoms with Gasteiger partial charge in [-0.05, 0) is 11.3 Å². The van der Waals surface area contributed by atoms with E-state index < -0.39 is 28.9 Å². The molecule has 22 heavy (non-hydrogen) atoms. The van der Waals surface area contributed by atoms with E-state index in [2.05, 4.69) is 19.6 Å². The van der Waals surface area contributed by atoms with E-state index in [0.29, 0.717) is 11.1 Å². The number of phenols is 1. The fourth-order valence-corrected chi connectivity index (χ4v) is 4.63. The quantitative estimate of drug-likeness (QED) is 0.548. The van der Waals surface area contributed by atoms with E-state index >= 15 is 0 Å². The van der Waals surface area contributed by atoms with Gasteiger partial charge in [0, 0.05) is 10.6 Å². The van der Waals surface area contributed by atoms with Gasteiger partial charge in [0.05, 0.1) is 8.07 Å². The molecule has 1 N–H and O–H groups in total. The molecule has 2 aromatic rings. The number of rotatable bonds is 3. The van der Waals surface area contributed by atoms with Crippen molar-refractivity contribution in [3.05, 3.63) is 48.3 Å². The van der Waals surface area contributed by atoms with Crippen molar-refractivity contribution < 1.29 is 30.3 Å². The van der Waals surface area contributed by atoms with Crippen LogP contribution in [0.5, 0.6) is 5.75 Å². The number of hydrogen-bond donors (Lipinski definition) is 1. The number of phenolic OH excluding ortho intramolecular Hbond substituents is 1. The third-order valence-corrected chi connectivity index (χ3v) is 6.35. The Bertz CT molecular complexity index is 623. The van der Waals surface area contributed by atoms with Gasteiger partial charge < -0.3 is 5.11 Å². The van der Waals surface area contributed by atoms with E-state index in [1.807, 2.05) is 24.3 Å². The minimum atomic E-state index is -1.58. The fourth-order valence-electron chi connectivity index (χ4n) is 1.96. The van der Waals surface area contributed by atoms with Gasteiger partial charge in [-0.3, -0.25) is 0 Å². The molecule has 0 aliphatic rings. The Kier molecular flexibility index (Phi) is 8.82. The second-order valence-corrected chi connectivity index (χ2v) is 15.7. The second-order valence-electron chi connectivity index (χ2n) is 5.63. The number of para-hydroxylation sites is 1. The summed E-state index contributed by atoms with van der Waals surface area (Å²) < 4.78 is 13.7. The van der Waals surface area contributed by atoms with Crippen LogP contribution in [0.3, 0.4) is 0 Å². The Morgan fingerprint density at radius 1 is 1.00 bits per heavy atom. The number of aromatic hydroxyl groups is 1. The van der Waals surface area contributed by atoms with Crippen LogP contribution in [-0.4, -0.2) is 13.2 Å². The van der Waals surface area contributed by atoms with Crippen molar-refractivity contribution in [3.63, 3.8) is 0 Å². The summed E-state index contributed by atoms with van der Waals surface area (Å²) in [6.07, 6.45) is 0. The van der Waals surface area contributed by atoms with Crippen LogP contribution in [0.25, 0.3) is 0 Å². The van der Waals surface area contributed by atoms with Crippen LogP contribution in [0.2, 0.25) is 19.6 Å². The van der Waals surface area contributed by atoms with Gasteiger partial charge in [0.15, 0.2) is 0 Å². The Balaban J connectivity index is 0.000000745. The van der Waals surface area contributed by atoms with Crippen LogP contribution >= 0.6 is 25.6 Å². The van der Waals surface area contributed by atoms with Crippen LogP contribution in [0.1, 0.15) is 0 Å². The van der Waals surface area contributed by atoms with Crippen molar-refractivity contribution in [1.29, 1.82) is 0 Å². The molecule has 0 heterocycles. The molecule has 2 aromatic carbocycles. The third-order valence-electron chi connectivity index (χ3n) is 2.99. The predicted octanol–water partition coefficient (Wildman–Crippen LogP) is 4.08. The fraction of sp³-hybridized carbons (Fsp3) is 0.200. The van der Waals surface area contributed by atoms with Crippen molar-refractivity contribution in [2.75, 3.05) is 0 Å². The van der Waals surface area contributed by atoms with Crippen molar-refractivity contribution in [3.8, 4) is 5.75 Å². The van der Waals surface area contributed by atoms with Gasteiger partial charge in [-0.15, -0.1) is 0 Å². The molecule has 0 fully saturated rings. The molecule has 0 bridgehead atoms. The van der Waals surface area contributed by atoms with Crippen molar-refractivity contribution in [2.45, 2.75) is 19.6 Å². The molecule has 0 saturated heterocycles. The second kappa shape index (κ2) is 9.55. The van der Waals surface area contributed by atoms with E-state index in [1.54, 1.807) is 12.1 Å². The summed E-state index contributed by atoms with van der Waals surface area (Å²) in [5.41, 5.74) is 0. The molecule has 0 aromatic heterocycles. The third kappa shape index (κ3) is 6.06. The molecule has 1 nitrogen and oxygen atoms in total. The molecule has 118 valence electrons. The maximum absolute atomic E-state index is 13.7. The van der Waals surface area contributed by atoms with Crippen molar-refractivity contribution in [1.82, 2.24) is 0 Å². The Morgan fingerprint density at radius 3 is 2.09 bits per heavy atom. The summed E-state index contributed by atoms with van der Waals surface area (Å²) in [5, 5.41) is 12.9. The molecule has 1 unspecified atom stereocenters. The summed E-state index contributed by atoms with van der Waals surface area (Å²) in [4.78, 5) is 0. The van der Waals surface area contributed by atoms with Gasteiger partial charge in [-0.1, -0.05) is 64.6 Å². The SMILES string of the molecule is C[Si](C)(C)c1cccc(Pc2ccccc2F)c1O.[Cl][Zr][Cl]. The Morgan fingerprint density at radius 2 is 1.55 bits per heavy atom. The molecule has 0 saturated carbocycles. The molecule has 2 rings (SSSR count). The first kappa shape index (κ1) is 20.3. The van der Waals surface area contributed by atoms with Crippen LogP contribution in [-0.2, 0) is 20.8 Å². The average Bonchev–Trinajstić information content (AvgIpc) is 2.43. The zero-order chi connectivity index (χ0) is 16.8. The summed E-state index contributed by atoms with van der Waals surface area (Å²) in [7, 11) is 8.44. The molecular formula is C15H18Cl2FOPSiZr. The van der Waals surface area contributed by atoms with E-state index in [9.17, 15) is 9.50 Å². The molecule has 0 spiro atoms. The Hall–Kier alpha value is 0.280. The van der Waals surface area contributed by atoms with Gasteiger partial charge in [-0.25, -0.2) is 4.39 Å². The van der Waals surface area contributed by atoms with Gasteiger partial charge >= 0.3 is 37.9 Å². The zero-order valence-corrected chi connectivity index (χ0v) is 18.6. The first-order valence-electron chi connectivity index (χ1n) is 6.61. The van der Waals surface area contributed by atoms with E-state index in [-0.39, 0.29) is 14.4 Å². The first-order valence-corrected chi connectivity index (χ1v) is 17.4. The van der Waals surface area contributed by atoms with Crippen LogP contribution < -0.4 is 15.8 Å². The average molecular weight is 454 g/mol. The zero-order valence-electron chi connectivity index (χ0n) is 12.6. The van der Waals surface area contributed by atoms with Crippen LogP contribution in [0.15, 0.2) is 42.5 Å². The monoisotopic (exact) mass is 452 g/mol. The van der Waals surface area contributed by atoms with E-state index in [1.165, 1.54) is 6.07 Å². The normalized spacial score (nSPS) is 11.2. The van der Waals surface area contributed by atoms with Crippen molar-refractivity contribution >= 4 is 49.5 Å². The summed E-state index contributed by atoms with van der Waals surface area (Å²) >= 11 is -0.826. The summed E-state index contributed by atoms with van der Waals surface area (Å²) in [6, 6.07) is 12.6. The minimum absolute atomic E-state index is 0.147. The number of benzene rings is 2.